The molecular weight excluding hydrogens is 364 g/mol. The van der Waals surface area contributed by atoms with Gasteiger partial charge in [0, 0.05) is 12.1 Å². The molecule has 0 saturated heterocycles. The monoisotopic (exact) mass is 372 g/mol. The molecule has 0 fully saturated rings. The summed E-state index contributed by atoms with van der Waals surface area (Å²) in [7, 11) is 0. The molecule has 2 aliphatic rings. The number of nitro groups is 1. The van der Waals surface area contributed by atoms with Gasteiger partial charge in [-0.25, -0.2) is 9.79 Å². The van der Waals surface area contributed by atoms with E-state index in [1.807, 2.05) is 0 Å². The summed E-state index contributed by atoms with van der Waals surface area (Å²) in [6, 6.07) is 9.02. The molecule has 0 spiro atoms. The summed E-state index contributed by atoms with van der Waals surface area (Å²) >= 11 is 6.05. The molecule has 2 aliphatic heterocycles. The van der Waals surface area contributed by atoms with Crippen LogP contribution in [0.1, 0.15) is 11.1 Å². The van der Waals surface area contributed by atoms with Crippen LogP contribution in [-0.4, -0.2) is 23.6 Å². The van der Waals surface area contributed by atoms with Crippen molar-refractivity contribution in [2.24, 2.45) is 4.99 Å². The third-order valence-corrected chi connectivity index (χ3v) is 4.03. The van der Waals surface area contributed by atoms with Gasteiger partial charge in [0.2, 0.25) is 12.7 Å². The van der Waals surface area contributed by atoms with Crippen molar-refractivity contribution >= 4 is 35.2 Å². The van der Waals surface area contributed by atoms with Crippen LogP contribution < -0.4 is 9.47 Å². The minimum Gasteiger partial charge on any atom is -0.454 e. The lowest BCUT2D eigenvalue weighted by molar-refractivity contribution is -0.384. The van der Waals surface area contributed by atoms with Crippen molar-refractivity contribution in [3.63, 3.8) is 0 Å². The van der Waals surface area contributed by atoms with Gasteiger partial charge < -0.3 is 14.2 Å². The Morgan fingerprint density at radius 3 is 2.73 bits per heavy atom. The normalized spacial score (nSPS) is 16.6. The molecule has 0 unspecified atom stereocenters. The smallest absolute Gasteiger partial charge is 0.363 e. The van der Waals surface area contributed by atoms with E-state index in [2.05, 4.69) is 4.99 Å². The van der Waals surface area contributed by atoms with Crippen LogP contribution in [0.5, 0.6) is 11.5 Å². The Bertz CT molecular complexity index is 1010. The second-order valence-electron chi connectivity index (χ2n) is 5.37. The van der Waals surface area contributed by atoms with Crippen LogP contribution in [0.3, 0.4) is 0 Å². The standard InChI is InChI=1S/C17H9ClN2O6/c18-12-7-10(20(22)23)2-3-11(12)16-19-13(17(21)26-16)5-9-1-4-14-15(6-9)25-8-24-14/h1-7H,8H2/b13-5-. The highest BCUT2D eigenvalue weighted by molar-refractivity contribution is 6.34. The van der Waals surface area contributed by atoms with Gasteiger partial charge in [-0.3, -0.25) is 10.1 Å². The predicted octanol–water partition coefficient (Wildman–Crippen LogP) is 3.32. The Morgan fingerprint density at radius 2 is 1.96 bits per heavy atom. The highest BCUT2D eigenvalue weighted by Crippen LogP contribution is 2.33. The first-order valence-electron chi connectivity index (χ1n) is 7.38. The Hall–Kier alpha value is -3.39. The molecule has 2 heterocycles. The molecule has 2 aromatic rings. The first kappa shape index (κ1) is 16.1. The molecule has 130 valence electrons. The fraction of sp³-hybridized carbons (Fsp3) is 0.0588. The van der Waals surface area contributed by atoms with Crippen molar-refractivity contribution in [3.8, 4) is 11.5 Å². The summed E-state index contributed by atoms with van der Waals surface area (Å²) < 4.78 is 15.7. The summed E-state index contributed by atoms with van der Waals surface area (Å²) in [6.07, 6.45) is 1.54. The molecule has 0 atom stereocenters. The van der Waals surface area contributed by atoms with Crippen molar-refractivity contribution < 1.29 is 23.9 Å². The number of hydrogen-bond donors (Lipinski definition) is 0. The highest BCUT2D eigenvalue weighted by atomic mass is 35.5. The summed E-state index contributed by atoms with van der Waals surface area (Å²) in [6.45, 7) is 0.151. The quantitative estimate of drug-likeness (QED) is 0.354. The number of esters is 1. The van der Waals surface area contributed by atoms with E-state index in [4.69, 9.17) is 25.8 Å². The number of fused-ring (bicyclic) bond motifs is 1. The van der Waals surface area contributed by atoms with Gasteiger partial charge in [-0.1, -0.05) is 17.7 Å². The van der Waals surface area contributed by atoms with Gasteiger partial charge in [-0.15, -0.1) is 0 Å². The zero-order valence-electron chi connectivity index (χ0n) is 13.0. The first-order chi connectivity index (χ1) is 12.5. The molecule has 0 bridgehead atoms. The second-order valence-corrected chi connectivity index (χ2v) is 5.78. The van der Waals surface area contributed by atoms with E-state index < -0.39 is 10.9 Å². The van der Waals surface area contributed by atoms with Crippen LogP contribution in [0.25, 0.3) is 6.08 Å². The van der Waals surface area contributed by atoms with E-state index in [9.17, 15) is 14.9 Å². The van der Waals surface area contributed by atoms with E-state index in [0.717, 1.165) is 0 Å². The van der Waals surface area contributed by atoms with E-state index in [1.165, 1.54) is 24.3 Å². The Labute approximate surface area is 151 Å². The third-order valence-electron chi connectivity index (χ3n) is 3.71. The van der Waals surface area contributed by atoms with Gasteiger partial charge in [0.1, 0.15) is 0 Å². The minimum absolute atomic E-state index is 0.0121. The van der Waals surface area contributed by atoms with Gasteiger partial charge in [0.25, 0.3) is 5.69 Å². The van der Waals surface area contributed by atoms with Crippen molar-refractivity contribution in [2.45, 2.75) is 0 Å². The largest absolute Gasteiger partial charge is 0.454 e. The molecule has 2 aromatic carbocycles. The average molecular weight is 373 g/mol. The Kier molecular flexibility index (Phi) is 3.81. The molecule has 4 rings (SSSR count). The minimum atomic E-state index is -0.646. The lowest BCUT2D eigenvalue weighted by Gasteiger charge is -2.02. The average Bonchev–Trinajstić information content (AvgIpc) is 3.21. The number of cyclic esters (lactones) is 1. The fourth-order valence-corrected chi connectivity index (χ4v) is 2.73. The first-order valence-corrected chi connectivity index (χ1v) is 7.75. The van der Waals surface area contributed by atoms with Crippen LogP contribution in [0, 0.1) is 10.1 Å². The van der Waals surface area contributed by atoms with Crippen LogP contribution in [0.15, 0.2) is 47.1 Å². The zero-order chi connectivity index (χ0) is 18.3. The molecule has 0 aromatic heterocycles. The van der Waals surface area contributed by atoms with E-state index in [0.29, 0.717) is 22.6 Å². The molecular formula is C17H9ClN2O6. The lowest BCUT2D eigenvalue weighted by atomic mass is 10.1. The lowest BCUT2D eigenvalue weighted by Crippen LogP contribution is -2.06. The van der Waals surface area contributed by atoms with Crippen LogP contribution in [-0.2, 0) is 9.53 Å². The number of benzene rings is 2. The molecule has 0 aliphatic carbocycles. The molecule has 0 N–H and O–H groups in total. The maximum atomic E-state index is 12.1. The fourth-order valence-electron chi connectivity index (χ4n) is 2.48. The molecule has 0 amide bonds. The summed E-state index contributed by atoms with van der Waals surface area (Å²) in [4.78, 5) is 26.4. The number of hydrogen-bond acceptors (Lipinski definition) is 7. The topological polar surface area (TPSA) is 100 Å². The number of ether oxygens (including phenoxy) is 3. The maximum absolute atomic E-state index is 12.1. The van der Waals surface area contributed by atoms with Gasteiger partial charge >= 0.3 is 5.97 Å². The Balaban J connectivity index is 1.66. The summed E-state index contributed by atoms with van der Waals surface area (Å²) in [5.41, 5.74) is 0.883. The number of halogens is 1. The molecule has 0 radical (unpaired) electrons. The van der Waals surface area contributed by atoms with Crippen LogP contribution >= 0.6 is 11.6 Å². The van der Waals surface area contributed by atoms with Crippen molar-refractivity contribution in [1.82, 2.24) is 0 Å². The van der Waals surface area contributed by atoms with Crippen LogP contribution in [0.2, 0.25) is 5.02 Å². The van der Waals surface area contributed by atoms with Crippen molar-refractivity contribution in [1.29, 1.82) is 0 Å². The maximum Gasteiger partial charge on any atom is 0.363 e. The third kappa shape index (κ3) is 2.86. The number of carbonyl (C=O) groups is 1. The van der Waals surface area contributed by atoms with Gasteiger partial charge in [-0.2, -0.15) is 0 Å². The summed E-state index contributed by atoms with van der Waals surface area (Å²) in [5, 5.41) is 10.8. The molecule has 0 saturated carbocycles. The SMILES string of the molecule is O=C1OC(c2ccc([N+](=O)[O-])cc2Cl)=N/C1=C\c1ccc2c(c1)OCO2. The second kappa shape index (κ2) is 6.16. The van der Waals surface area contributed by atoms with Crippen molar-refractivity contribution in [3.05, 3.63) is 68.4 Å². The molecule has 9 heteroatoms. The number of nitrogens with zero attached hydrogens (tertiary/aromatic N) is 2. The van der Waals surface area contributed by atoms with E-state index >= 15 is 0 Å². The Morgan fingerprint density at radius 1 is 1.15 bits per heavy atom. The number of carbonyl (C=O) groups excluding carboxylic acids is 1. The molecule has 8 nitrogen and oxygen atoms in total. The van der Waals surface area contributed by atoms with Gasteiger partial charge in [-0.05, 0) is 29.8 Å². The number of nitro benzene ring substituents is 1. The van der Waals surface area contributed by atoms with Gasteiger partial charge in [0.05, 0.1) is 15.5 Å². The molecule has 26 heavy (non-hydrogen) atoms. The highest BCUT2D eigenvalue weighted by Gasteiger charge is 2.26. The zero-order valence-corrected chi connectivity index (χ0v) is 13.7. The van der Waals surface area contributed by atoms with E-state index in [-0.39, 0.29) is 29.1 Å². The number of aliphatic imine (C=N–C) groups is 1. The summed E-state index contributed by atoms with van der Waals surface area (Å²) in [5.74, 6) is 0.547. The number of rotatable bonds is 3. The number of non-ortho nitro benzene ring substituents is 1. The predicted molar refractivity (Wildman–Crippen MR) is 91.3 cm³/mol. The van der Waals surface area contributed by atoms with Crippen LogP contribution in [0.4, 0.5) is 5.69 Å². The van der Waals surface area contributed by atoms with Crippen molar-refractivity contribution in [2.75, 3.05) is 6.79 Å². The van der Waals surface area contributed by atoms with E-state index in [1.54, 1.807) is 18.2 Å². The van der Waals surface area contributed by atoms with Gasteiger partial charge in [0.15, 0.2) is 17.2 Å².